The van der Waals surface area contributed by atoms with Crippen LogP contribution in [-0.4, -0.2) is 34.5 Å². The topological polar surface area (TPSA) is 69.7 Å². The molecule has 116 valence electrons. The van der Waals surface area contributed by atoms with Crippen molar-refractivity contribution in [3.63, 3.8) is 0 Å². The first-order valence-electron chi connectivity index (χ1n) is 8.11. The first-order valence-corrected chi connectivity index (χ1v) is 9.67. The van der Waals surface area contributed by atoms with Crippen LogP contribution >= 0.6 is 10.5 Å². The van der Waals surface area contributed by atoms with Crippen LogP contribution in [0.1, 0.15) is 19.3 Å². The van der Waals surface area contributed by atoms with Crippen LogP contribution in [0.2, 0.25) is 0 Å². The highest BCUT2D eigenvalue weighted by Crippen LogP contribution is 2.75. The van der Waals surface area contributed by atoms with Crippen molar-refractivity contribution in [2.24, 2.45) is 40.9 Å². The summed E-state index contributed by atoms with van der Waals surface area (Å²) in [5.41, 5.74) is -0.572. The summed E-state index contributed by atoms with van der Waals surface area (Å²) >= 11 is 0. The van der Waals surface area contributed by atoms with Crippen LogP contribution in [0, 0.1) is 40.9 Å². The average Bonchev–Trinajstić information content (AvgIpc) is 2.99. The van der Waals surface area contributed by atoms with Crippen molar-refractivity contribution in [3.05, 3.63) is 0 Å². The molecule has 7 atom stereocenters. The Labute approximate surface area is 129 Å². The number of ether oxygens (including phenoxy) is 2. The molecule has 3 aliphatic heterocycles. The normalized spacial score (nSPS) is 54.4. The fourth-order valence-electron chi connectivity index (χ4n) is 6.36. The Hall–Kier alpha value is -1.17. The fourth-order valence-corrected chi connectivity index (χ4v) is 7.98. The summed E-state index contributed by atoms with van der Waals surface area (Å²) in [4.78, 5) is 36.2. The molecule has 6 rings (SSSR count). The fraction of sp³-hybridized carbons (Fsp3) is 0.750. The molecule has 0 aromatic heterocycles. The SMILES string of the molecule is O=C1CC2(CC3CC2C2C4C(=S5CC5)OC(=O)C4C32)C(=O)O1. The summed E-state index contributed by atoms with van der Waals surface area (Å²) in [5.74, 6) is 3.28. The van der Waals surface area contributed by atoms with E-state index in [1.807, 2.05) is 0 Å². The van der Waals surface area contributed by atoms with E-state index >= 15 is 0 Å². The van der Waals surface area contributed by atoms with Gasteiger partial charge >= 0.3 is 17.9 Å². The maximum atomic E-state index is 12.3. The van der Waals surface area contributed by atoms with E-state index in [-0.39, 0.29) is 52.6 Å². The molecule has 0 aromatic carbocycles. The molecule has 6 heteroatoms. The molecule has 3 saturated heterocycles. The molecule has 0 N–H and O–H groups in total. The van der Waals surface area contributed by atoms with E-state index in [9.17, 15) is 14.4 Å². The minimum atomic E-state index is -0.572. The van der Waals surface area contributed by atoms with Gasteiger partial charge in [-0.25, -0.2) is 0 Å². The number of carbonyl (C=O) groups excluding carboxylic acids is 3. The van der Waals surface area contributed by atoms with Crippen molar-refractivity contribution < 1.29 is 23.9 Å². The van der Waals surface area contributed by atoms with Gasteiger partial charge < -0.3 is 9.47 Å². The Morgan fingerprint density at radius 3 is 2.55 bits per heavy atom. The molecule has 0 radical (unpaired) electrons. The molecular formula is C16H16O5S. The van der Waals surface area contributed by atoms with Gasteiger partial charge in [0.2, 0.25) is 0 Å². The van der Waals surface area contributed by atoms with E-state index < -0.39 is 5.41 Å². The molecule has 6 fully saturated rings. The van der Waals surface area contributed by atoms with Crippen molar-refractivity contribution in [1.29, 1.82) is 0 Å². The third-order valence-electron chi connectivity index (χ3n) is 7.07. The molecule has 3 heterocycles. The summed E-state index contributed by atoms with van der Waals surface area (Å²) in [5, 5.41) is 1.04. The number of fused-ring (bicyclic) bond motifs is 9. The molecule has 0 amide bonds. The van der Waals surface area contributed by atoms with Gasteiger partial charge in [0.25, 0.3) is 0 Å². The second-order valence-corrected chi connectivity index (χ2v) is 9.95. The van der Waals surface area contributed by atoms with E-state index in [1.54, 1.807) is 0 Å². The quantitative estimate of drug-likeness (QED) is 0.287. The Balaban J connectivity index is 1.43. The standard InChI is InChI=1S/C16H16O5S/c17-8-5-16(15(19)20-8)4-6-3-7(16)10-9(6)11-12(10)14(21-13(11)18)22-1-2-22/h6-7,9-12H,1-5H2. The Morgan fingerprint density at radius 2 is 1.86 bits per heavy atom. The number of rotatable bonds is 0. The van der Waals surface area contributed by atoms with Gasteiger partial charge in [-0.2, -0.15) is 0 Å². The lowest BCUT2D eigenvalue weighted by molar-refractivity contribution is -0.161. The highest BCUT2D eigenvalue weighted by molar-refractivity contribution is 8.21. The van der Waals surface area contributed by atoms with Crippen molar-refractivity contribution in [2.75, 3.05) is 11.5 Å². The van der Waals surface area contributed by atoms with E-state index in [0.29, 0.717) is 17.8 Å². The zero-order valence-corrected chi connectivity index (χ0v) is 12.8. The smallest absolute Gasteiger partial charge is 0.320 e. The van der Waals surface area contributed by atoms with Crippen LogP contribution in [0.5, 0.6) is 0 Å². The van der Waals surface area contributed by atoms with Gasteiger partial charge in [-0.15, -0.1) is 10.5 Å². The summed E-state index contributed by atoms with van der Waals surface area (Å²) < 4.78 is 10.5. The minimum Gasteiger partial charge on any atom is -0.424 e. The summed E-state index contributed by atoms with van der Waals surface area (Å²) in [6, 6.07) is 0. The Kier molecular flexibility index (Phi) is 1.95. The van der Waals surface area contributed by atoms with Gasteiger partial charge in [-0.1, -0.05) is 0 Å². The number of hydrogen-bond donors (Lipinski definition) is 0. The van der Waals surface area contributed by atoms with Crippen LogP contribution in [0.4, 0.5) is 0 Å². The number of cyclic esters (lactones) is 3. The summed E-state index contributed by atoms with van der Waals surface area (Å²) in [6.07, 6.45) is 1.98. The molecule has 0 aromatic rings. The van der Waals surface area contributed by atoms with Crippen molar-refractivity contribution in [1.82, 2.24) is 0 Å². The number of carbonyl (C=O) groups is 3. The maximum Gasteiger partial charge on any atom is 0.320 e. The molecule has 2 bridgehead atoms. The summed E-state index contributed by atoms with van der Waals surface area (Å²) in [7, 11) is 0.189. The van der Waals surface area contributed by atoms with Gasteiger partial charge in [-0.3, -0.25) is 14.4 Å². The van der Waals surface area contributed by atoms with Gasteiger partial charge in [0.1, 0.15) is 5.05 Å². The van der Waals surface area contributed by atoms with E-state index in [1.165, 1.54) is 0 Å². The lowest BCUT2D eigenvalue weighted by Crippen LogP contribution is -2.56. The van der Waals surface area contributed by atoms with Gasteiger partial charge in [0, 0.05) is 17.4 Å². The number of hydrogen-bond acceptors (Lipinski definition) is 5. The highest BCUT2D eigenvalue weighted by atomic mass is 32.2. The van der Waals surface area contributed by atoms with Crippen molar-refractivity contribution in [3.8, 4) is 0 Å². The molecule has 6 aliphatic rings. The predicted molar refractivity (Wildman–Crippen MR) is 76.7 cm³/mol. The van der Waals surface area contributed by atoms with E-state index in [0.717, 1.165) is 29.4 Å². The van der Waals surface area contributed by atoms with Crippen LogP contribution in [0.3, 0.4) is 0 Å². The van der Waals surface area contributed by atoms with Gasteiger partial charge in [0.15, 0.2) is 0 Å². The predicted octanol–water partition coefficient (Wildman–Crippen LogP) is 0.934. The Bertz CT molecular complexity index is 705. The van der Waals surface area contributed by atoms with Gasteiger partial charge in [0.05, 0.1) is 17.8 Å². The lowest BCUT2D eigenvalue weighted by atomic mass is 9.48. The van der Waals surface area contributed by atoms with E-state index in [2.05, 4.69) is 0 Å². The molecule has 22 heavy (non-hydrogen) atoms. The lowest BCUT2D eigenvalue weighted by Gasteiger charge is -2.52. The third-order valence-corrected chi connectivity index (χ3v) is 8.81. The molecule has 3 aliphatic carbocycles. The zero-order chi connectivity index (χ0) is 14.8. The summed E-state index contributed by atoms with van der Waals surface area (Å²) in [6.45, 7) is 0. The average molecular weight is 320 g/mol. The minimum absolute atomic E-state index is 0.0210. The van der Waals surface area contributed by atoms with Crippen LogP contribution in [0.25, 0.3) is 0 Å². The second-order valence-electron chi connectivity index (χ2n) is 7.75. The highest BCUT2D eigenvalue weighted by Gasteiger charge is 2.77. The number of esters is 3. The Morgan fingerprint density at radius 1 is 1.05 bits per heavy atom. The molecule has 7 unspecified atom stereocenters. The maximum absolute atomic E-state index is 12.3. The van der Waals surface area contributed by atoms with Crippen molar-refractivity contribution >= 4 is 33.4 Å². The molecule has 5 nitrogen and oxygen atoms in total. The van der Waals surface area contributed by atoms with Crippen LogP contribution in [0.15, 0.2) is 0 Å². The second kappa shape index (κ2) is 3.50. The molecule has 1 spiro atoms. The largest absolute Gasteiger partial charge is 0.424 e. The van der Waals surface area contributed by atoms with Crippen LogP contribution in [-0.2, 0) is 23.9 Å². The monoisotopic (exact) mass is 320 g/mol. The van der Waals surface area contributed by atoms with Gasteiger partial charge in [-0.05, 0) is 36.5 Å². The zero-order valence-electron chi connectivity index (χ0n) is 11.9. The molecule has 3 saturated carbocycles. The first-order chi connectivity index (χ1) is 10.6. The first kappa shape index (κ1) is 12.3. The van der Waals surface area contributed by atoms with E-state index in [4.69, 9.17) is 9.47 Å². The molecular weight excluding hydrogens is 304 g/mol. The van der Waals surface area contributed by atoms with Crippen molar-refractivity contribution in [2.45, 2.75) is 19.3 Å². The van der Waals surface area contributed by atoms with Crippen LogP contribution < -0.4 is 0 Å². The third kappa shape index (κ3) is 1.16.